The molecule has 3 nitrogen and oxygen atoms in total. The van der Waals surface area contributed by atoms with Crippen molar-refractivity contribution in [3.8, 4) is 0 Å². The van der Waals surface area contributed by atoms with Gasteiger partial charge in [-0.3, -0.25) is 0 Å². The van der Waals surface area contributed by atoms with Crippen LogP contribution in [0.4, 0.5) is 0 Å². The molecule has 0 aromatic rings. The van der Waals surface area contributed by atoms with Crippen LogP contribution in [0, 0.1) is 0 Å². The summed E-state index contributed by atoms with van der Waals surface area (Å²) in [5.74, 6) is 0. The van der Waals surface area contributed by atoms with Gasteiger partial charge in [-0.15, -0.1) is 0 Å². The van der Waals surface area contributed by atoms with E-state index in [0.29, 0.717) is 6.42 Å². The Morgan fingerprint density at radius 3 is 2.08 bits per heavy atom. The van der Waals surface area contributed by atoms with Crippen LogP contribution in [0.15, 0.2) is 0 Å². The number of nitrogens with one attached hydrogen (secondary N) is 1. The van der Waals surface area contributed by atoms with Crippen LogP contribution in [0.2, 0.25) is 0 Å². The van der Waals surface area contributed by atoms with Gasteiger partial charge in [0, 0.05) is 0 Å². The highest BCUT2D eigenvalue weighted by Crippen LogP contribution is 2.08. The summed E-state index contributed by atoms with van der Waals surface area (Å²) in [5.41, 5.74) is 1.83. The van der Waals surface area contributed by atoms with Crippen LogP contribution in [-0.2, 0) is 0 Å². The number of hydrogen-bond acceptors (Lipinski definition) is 3. The Kier molecular flexibility index (Phi) is 9.87. The molecule has 0 amide bonds. The van der Waals surface area contributed by atoms with E-state index < -0.39 is 6.23 Å². The van der Waals surface area contributed by atoms with E-state index in [1.165, 1.54) is 32.1 Å². The SMILES string of the molecule is CCCCCCCCCC(O)NO. The van der Waals surface area contributed by atoms with Gasteiger partial charge in [0.15, 0.2) is 0 Å². The van der Waals surface area contributed by atoms with Gasteiger partial charge in [0.2, 0.25) is 0 Å². The highest BCUT2D eigenvalue weighted by Gasteiger charge is 1.99. The maximum Gasteiger partial charge on any atom is 0.126 e. The van der Waals surface area contributed by atoms with E-state index in [0.717, 1.165) is 12.8 Å². The van der Waals surface area contributed by atoms with Gasteiger partial charge in [-0.1, -0.05) is 45.4 Å². The minimum atomic E-state index is -0.740. The molecule has 3 N–H and O–H groups in total. The first-order valence-corrected chi connectivity index (χ1v) is 5.39. The summed E-state index contributed by atoms with van der Waals surface area (Å²) in [5, 5.41) is 17.2. The van der Waals surface area contributed by atoms with E-state index in [2.05, 4.69) is 6.92 Å². The summed E-state index contributed by atoms with van der Waals surface area (Å²) in [4.78, 5) is 0. The summed E-state index contributed by atoms with van der Waals surface area (Å²) in [7, 11) is 0. The maximum atomic E-state index is 8.94. The van der Waals surface area contributed by atoms with Gasteiger partial charge < -0.3 is 10.3 Å². The molecular weight excluding hydrogens is 166 g/mol. The van der Waals surface area contributed by atoms with Gasteiger partial charge >= 0.3 is 0 Å². The lowest BCUT2D eigenvalue weighted by Crippen LogP contribution is -2.24. The molecule has 1 atom stereocenters. The molecule has 3 heteroatoms. The monoisotopic (exact) mass is 189 g/mol. The third-order valence-corrected chi connectivity index (χ3v) is 2.23. The second-order valence-electron chi connectivity index (χ2n) is 3.55. The minimum Gasteiger partial charge on any atom is -0.377 e. The summed E-state index contributed by atoms with van der Waals surface area (Å²) < 4.78 is 0. The van der Waals surface area contributed by atoms with Crippen LogP contribution in [0.1, 0.15) is 58.3 Å². The van der Waals surface area contributed by atoms with Crippen molar-refractivity contribution in [1.82, 2.24) is 5.48 Å². The van der Waals surface area contributed by atoms with Crippen LogP contribution in [0.3, 0.4) is 0 Å². The van der Waals surface area contributed by atoms with E-state index in [9.17, 15) is 0 Å². The molecule has 0 aliphatic carbocycles. The van der Waals surface area contributed by atoms with Crippen LogP contribution >= 0.6 is 0 Å². The number of unbranched alkanes of at least 4 members (excludes halogenated alkanes) is 6. The Hall–Kier alpha value is -0.120. The molecule has 80 valence electrons. The third kappa shape index (κ3) is 9.80. The average Bonchev–Trinajstić information content (AvgIpc) is 2.16. The Morgan fingerprint density at radius 2 is 1.54 bits per heavy atom. The van der Waals surface area contributed by atoms with Gasteiger partial charge in [0.25, 0.3) is 0 Å². The molecule has 0 saturated carbocycles. The average molecular weight is 189 g/mol. The Morgan fingerprint density at radius 1 is 1.00 bits per heavy atom. The topological polar surface area (TPSA) is 52.5 Å². The fourth-order valence-corrected chi connectivity index (χ4v) is 1.36. The molecule has 0 bridgehead atoms. The lowest BCUT2D eigenvalue weighted by molar-refractivity contribution is -0.00393. The standard InChI is InChI=1S/C10H23NO2/c1-2-3-4-5-6-7-8-9-10(12)11-13/h10-13H,2-9H2,1H3. The van der Waals surface area contributed by atoms with Crippen molar-refractivity contribution in [3.05, 3.63) is 0 Å². The van der Waals surface area contributed by atoms with E-state index >= 15 is 0 Å². The number of aliphatic hydroxyl groups is 1. The highest BCUT2D eigenvalue weighted by molar-refractivity contribution is 4.49. The highest BCUT2D eigenvalue weighted by atomic mass is 16.5. The summed E-state index contributed by atoms with van der Waals surface area (Å²) >= 11 is 0. The van der Waals surface area contributed by atoms with Crippen LogP contribution in [0.25, 0.3) is 0 Å². The van der Waals surface area contributed by atoms with E-state index in [4.69, 9.17) is 10.3 Å². The quantitative estimate of drug-likeness (QED) is 0.296. The molecule has 0 saturated heterocycles. The van der Waals surface area contributed by atoms with Gasteiger partial charge in [-0.2, -0.15) is 5.48 Å². The zero-order chi connectivity index (χ0) is 9.94. The van der Waals surface area contributed by atoms with Crippen LogP contribution in [0.5, 0.6) is 0 Å². The fraction of sp³-hybridized carbons (Fsp3) is 1.00. The Balaban J connectivity index is 2.91. The first kappa shape index (κ1) is 12.9. The van der Waals surface area contributed by atoms with Gasteiger partial charge in [-0.05, 0) is 12.8 Å². The molecule has 0 aromatic carbocycles. The van der Waals surface area contributed by atoms with E-state index in [1.807, 2.05) is 5.48 Å². The van der Waals surface area contributed by atoms with Gasteiger partial charge in [0.1, 0.15) is 6.23 Å². The lowest BCUT2D eigenvalue weighted by atomic mass is 10.1. The van der Waals surface area contributed by atoms with Crippen molar-refractivity contribution in [2.24, 2.45) is 0 Å². The first-order chi connectivity index (χ1) is 6.31. The zero-order valence-corrected chi connectivity index (χ0v) is 8.63. The largest absolute Gasteiger partial charge is 0.377 e. The summed E-state index contributed by atoms with van der Waals surface area (Å²) in [6, 6.07) is 0. The summed E-state index contributed by atoms with van der Waals surface area (Å²) in [6.45, 7) is 2.21. The summed E-state index contributed by atoms with van der Waals surface area (Å²) in [6.07, 6.45) is 8.55. The predicted molar refractivity (Wildman–Crippen MR) is 53.5 cm³/mol. The van der Waals surface area contributed by atoms with Crippen molar-refractivity contribution >= 4 is 0 Å². The van der Waals surface area contributed by atoms with E-state index in [-0.39, 0.29) is 0 Å². The zero-order valence-electron chi connectivity index (χ0n) is 8.63. The molecule has 0 rings (SSSR count). The maximum absolute atomic E-state index is 8.94. The molecule has 0 spiro atoms. The molecule has 0 heterocycles. The molecule has 0 aliphatic rings. The second kappa shape index (κ2) is 9.96. The molecule has 0 aliphatic heterocycles. The van der Waals surface area contributed by atoms with Crippen molar-refractivity contribution in [1.29, 1.82) is 0 Å². The van der Waals surface area contributed by atoms with Crippen molar-refractivity contribution < 1.29 is 10.3 Å². The predicted octanol–water partition coefficient (Wildman–Crippen LogP) is 2.42. The Bertz CT molecular complexity index is 98.9. The first-order valence-electron chi connectivity index (χ1n) is 5.39. The van der Waals surface area contributed by atoms with Crippen LogP contribution < -0.4 is 5.48 Å². The number of rotatable bonds is 9. The van der Waals surface area contributed by atoms with E-state index in [1.54, 1.807) is 0 Å². The molecule has 0 aromatic heterocycles. The second-order valence-corrected chi connectivity index (χ2v) is 3.55. The van der Waals surface area contributed by atoms with Gasteiger partial charge in [-0.25, -0.2) is 0 Å². The number of hydrogen-bond donors (Lipinski definition) is 3. The van der Waals surface area contributed by atoms with Crippen molar-refractivity contribution in [3.63, 3.8) is 0 Å². The number of hydroxylamine groups is 1. The van der Waals surface area contributed by atoms with Crippen molar-refractivity contribution in [2.45, 2.75) is 64.5 Å². The smallest absolute Gasteiger partial charge is 0.126 e. The number of aliphatic hydroxyl groups excluding tert-OH is 1. The fourth-order valence-electron chi connectivity index (χ4n) is 1.36. The van der Waals surface area contributed by atoms with Crippen molar-refractivity contribution in [2.75, 3.05) is 0 Å². The molecule has 13 heavy (non-hydrogen) atoms. The molecule has 0 fully saturated rings. The molecular formula is C10H23NO2. The molecule has 0 radical (unpaired) electrons. The van der Waals surface area contributed by atoms with Gasteiger partial charge in [0.05, 0.1) is 0 Å². The lowest BCUT2D eigenvalue weighted by Gasteiger charge is -2.06. The molecule has 1 unspecified atom stereocenters. The Labute approximate surface area is 81.1 Å². The normalized spacial score (nSPS) is 13.2. The third-order valence-electron chi connectivity index (χ3n) is 2.23. The van der Waals surface area contributed by atoms with Crippen LogP contribution in [-0.4, -0.2) is 16.5 Å². The minimum absolute atomic E-state index is 0.643.